The zero-order valence-corrected chi connectivity index (χ0v) is 11.4. The lowest BCUT2D eigenvalue weighted by Gasteiger charge is -2.21. The van der Waals surface area contributed by atoms with Crippen LogP contribution in [-0.2, 0) is 17.6 Å². The summed E-state index contributed by atoms with van der Waals surface area (Å²) in [5.41, 5.74) is 4.21. The van der Waals surface area contributed by atoms with E-state index in [0.717, 1.165) is 12.0 Å². The summed E-state index contributed by atoms with van der Waals surface area (Å²) >= 11 is 0. The molecule has 0 aliphatic carbocycles. The Balaban J connectivity index is 3.14. The second-order valence-electron chi connectivity index (χ2n) is 5.42. The Morgan fingerprint density at radius 3 is 2.35 bits per heavy atom. The lowest BCUT2D eigenvalue weighted by atomic mass is 9.83. The fraction of sp³-hybridized carbons (Fsp3) is 0.533. The first-order chi connectivity index (χ1) is 7.77. The fourth-order valence-corrected chi connectivity index (χ4v) is 1.95. The van der Waals surface area contributed by atoms with Gasteiger partial charge in [0, 0.05) is 0 Å². The standard InChI is InChI=1S/C15H22O2/c1-6-12-7-10(2)11(3)13(8-12)9-15(4,5)14(16)17/h7-8H,6,9H2,1-5H3,(H,16,17). The monoisotopic (exact) mass is 234 g/mol. The van der Waals surface area contributed by atoms with Gasteiger partial charge in [-0.1, -0.05) is 19.1 Å². The van der Waals surface area contributed by atoms with Crippen LogP contribution in [0.5, 0.6) is 0 Å². The minimum absolute atomic E-state index is 0.586. The first kappa shape index (κ1) is 13.8. The number of aliphatic carboxylic acids is 1. The van der Waals surface area contributed by atoms with Gasteiger partial charge in [-0.2, -0.15) is 0 Å². The third kappa shape index (κ3) is 3.09. The van der Waals surface area contributed by atoms with Gasteiger partial charge >= 0.3 is 5.97 Å². The molecule has 0 spiro atoms. The van der Waals surface area contributed by atoms with Crippen molar-refractivity contribution < 1.29 is 9.90 Å². The molecule has 0 radical (unpaired) electrons. The molecule has 0 unspecified atom stereocenters. The summed E-state index contributed by atoms with van der Waals surface area (Å²) in [5.74, 6) is -0.739. The Morgan fingerprint density at radius 2 is 1.88 bits per heavy atom. The van der Waals surface area contributed by atoms with Crippen LogP contribution in [0.4, 0.5) is 0 Å². The SMILES string of the molecule is CCc1cc(C)c(C)c(CC(C)(C)C(=O)O)c1. The first-order valence-electron chi connectivity index (χ1n) is 6.10. The molecule has 0 heterocycles. The molecule has 94 valence electrons. The van der Waals surface area contributed by atoms with Gasteiger partial charge in [-0.25, -0.2) is 0 Å². The van der Waals surface area contributed by atoms with Gasteiger partial charge in [0.1, 0.15) is 0 Å². The first-order valence-corrected chi connectivity index (χ1v) is 6.10. The molecule has 0 amide bonds. The number of benzene rings is 1. The molecule has 0 aliphatic rings. The molecule has 1 aromatic rings. The minimum Gasteiger partial charge on any atom is -0.481 e. The molecule has 0 saturated heterocycles. The second-order valence-corrected chi connectivity index (χ2v) is 5.42. The van der Waals surface area contributed by atoms with E-state index in [1.54, 1.807) is 13.8 Å². The summed E-state index contributed by atoms with van der Waals surface area (Å²) in [5, 5.41) is 9.19. The number of hydrogen-bond acceptors (Lipinski definition) is 1. The van der Waals surface area contributed by atoms with Crippen molar-refractivity contribution in [1.82, 2.24) is 0 Å². The quantitative estimate of drug-likeness (QED) is 0.865. The maximum atomic E-state index is 11.2. The third-order valence-electron chi connectivity index (χ3n) is 3.45. The summed E-state index contributed by atoms with van der Waals surface area (Å²) in [6.45, 7) is 9.84. The molecular weight excluding hydrogens is 212 g/mol. The smallest absolute Gasteiger partial charge is 0.309 e. The third-order valence-corrected chi connectivity index (χ3v) is 3.45. The zero-order valence-electron chi connectivity index (χ0n) is 11.4. The van der Waals surface area contributed by atoms with E-state index in [-0.39, 0.29) is 0 Å². The highest BCUT2D eigenvalue weighted by Crippen LogP contribution is 2.26. The van der Waals surface area contributed by atoms with E-state index in [9.17, 15) is 9.90 Å². The molecule has 0 aromatic heterocycles. The van der Waals surface area contributed by atoms with Crippen molar-refractivity contribution in [3.63, 3.8) is 0 Å². The van der Waals surface area contributed by atoms with E-state index in [1.165, 1.54) is 16.7 Å². The summed E-state index contributed by atoms with van der Waals surface area (Å²) in [6.07, 6.45) is 1.57. The van der Waals surface area contributed by atoms with Crippen LogP contribution in [0.3, 0.4) is 0 Å². The topological polar surface area (TPSA) is 37.3 Å². The van der Waals surface area contributed by atoms with Crippen molar-refractivity contribution in [3.05, 3.63) is 34.4 Å². The van der Waals surface area contributed by atoms with Crippen molar-refractivity contribution >= 4 is 5.97 Å². The van der Waals surface area contributed by atoms with E-state index in [0.29, 0.717) is 6.42 Å². The summed E-state index contributed by atoms with van der Waals surface area (Å²) < 4.78 is 0. The maximum Gasteiger partial charge on any atom is 0.309 e. The molecule has 0 fully saturated rings. The molecule has 0 saturated carbocycles. The van der Waals surface area contributed by atoms with Crippen molar-refractivity contribution in [2.75, 3.05) is 0 Å². The largest absolute Gasteiger partial charge is 0.481 e. The van der Waals surface area contributed by atoms with Crippen LogP contribution >= 0.6 is 0 Å². The van der Waals surface area contributed by atoms with Gasteiger partial charge in [0.25, 0.3) is 0 Å². The Bertz CT molecular complexity index is 431. The highest BCUT2D eigenvalue weighted by Gasteiger charge is 2.28. The zero-order chi connectivity index (χ0) is 13.2. The van der Waals surface area contributed by atoms with Crippen LogP contribution in [0.15, 0.2) is 12.1 Å². The average molecular weight is 234 g/mol. The van der Waals surface area contributed by atoms with Crippen molar-refractivity contribution in [3.8, 4) is 0 Å². The number of rotatable bonds is 4. The van der Waals surface area contributed by atoms with Gasteiger partial charge in [-0.3, -0.25) is 4.79 Å². The van der Waals surface area contributed by atoms with Gasteiger partial charge < -0.3 is 5.11 Å². The summed E-state index contributed by atoms with van der Waals surface area (Å²) in [7, 11) is 0. The molecule has 1 rings (SSSR count). The van der Waals surface area contributed by atoms with Crippen LogP contribution < -0.4 is 0 Å². The van der Waals surface area contributed by atoms with E-state index in [1.807, 2.05) is 0 Å². The molecule has 0 atom stereocenters. The van der Waals surface area contributed by atoms with Crippen molar-refractivity contribution in [2.24, 2.45) is 5.41 Å². The number of carbonyl (C=O) groups is 1. The molecule has 2 nitrogen and oxygen atoms in total. The Morgan fingerprint density at radius 1 is 1.29 bits per heavy atom. The molecule has 1 aromatic carbocycles. The minimum atomic E-state index is -0.739. The fourth-order valence-electron chi connectivity index (χ4n) is 1.95. The van der Waals surface area contributed by atoms with E-state index >= 15 is 0 Å². The average Bonchev–Trinajstić information content (AvgIpc) is 2.23. The van der Waals surface area contributed by atoms with E-state index in [2.05, 4.69) is 32.9 Å². The van der Waals surface area contributed by atoms with Gasteiger partial charge in [-0.15, -0.1) is 0 Å². The molecule has 0 aliphatic heterocycles. The highest BCUT2D eigenvalue weighted by molar-refractivity contribution is 5.74. The number of carboxylic acids is 1. The van der Waals surface area contributed by atoms with Crippen LogP contribution in [0.2, 0.25) is 0 Å². The van der Waals surface area contributed by atoms with Gasteiger partial charge in [0.2, 0.25) is 0 Å². The molecular formula is C15H22O2. The molecule has 1 N–H and O–H groups in total. The summed E-state index contributed by atoms with van der Waals surface area (Å²) in [6, 6.07) is 4.33. The van der Waals surface area contributed by atoms with Crippen molar-refractivity contribution in [1.29, 1.82) is 0 Å². The second kappa shape index (κ2) is 4.91. The van der Waals surface area contributed by atoms with Crippen LogP contribution in [0.25, 0.3) is 0 Å². The van der Waals surface area contributed by atoms with Gasteiger partial charge in [0.05, 0.1) is 5.41 Å². The highest BCUT2D eigenvalue weighted by atomic mass is 16.4. The predicted octanol–water partition coefficient (Wildman–Crippen LogP) is 3.52. The molecule has 0 bridgehead atoms. The van der Waals surface area contributed by atoms with Crippen LogP contribution in [0, 0.1) is 19.3 Å². The molecule has 17 heavy (non-hydrogen) atoms. The van der Waals surface area contributed by atoms with Crippen LogP contribution in [-0.4, -0.2) is 11.1 Å². The Hall–Kier alpha value is -1.31. The number of aryl methyl sites for hydroxylation is 2. The Kier molecular flexibility index (Phi) is 3.97. The molecule has 2 heteroatoms. The summed E-state index contributed by atoms with van der Waals surface area (Å²) in [4.78, 5) is 11.2. The van der Waals surface area contributed by atoms with E-state index < -0.39 is 11.4 Å². The predicted molar refractivity (Wildman–Crippen MR) is 70.4 cm³/mol. The lowest BCUT2D eigenvalue weighted by molar-refractivity contribution is -0.146. The number of hydrogen-bond donors (Lipinski definition) is 1. The van der Waals surface area contributed by atoms with Gasteiger partial charge in [-0.05, 0) is 62.8 Å². The Labute approximate surface area is 104 Å². The maximum absolute atomic E-state index is 11.2. The van der Waals surface area contributed by atoms with Gasteiger partial charge in [0.15, 0.2) is 0 Å². The van der Waals surface area contributed by atoms with Crippen LogP contribution in [0.1, 0.15) is 43.0 Å². The normalized spacial score (nSPS) is 11.6. The number of carboxylic acid groups (broad SMARTS) is 1. The van der Waals surface area contributed by atoms with E-state index in [4.69, 9.17) is 0 Å². The van der Waals surface area contributed by atoms with Crippen molar-refractivity contribution in [2.45, 2.75) is 47.5 Å². The lowest BCUT2D eigenvalue weighted by Crippen LogP contribution is -2.26.